The molecule has 0 radical (unpaired) electrons. The second-order valence-electron chi connectivity index (χ2n) is 5.60. The van der Waals surface area contributed by atoms with Crippen molar-refractivity contribution in [3.05, 3.63) is 35.4 Å². The van der Waals surface area contributed by atoms with Crippen LogP contribution in [-0.2, 0) is 0 Å². The van der Waals surface area contributed by atoms with Crippen molar-refractivity contribution in [1.29, 1.82) is 0 Å². The molecule has 1 heterocycles. The number of likely N-dealkylation sites (N-methyl/N-ethyl adjacent to an activating group) is 1. The molecule has 2 atom stereocenters. The summed E-state index contributed by atoms with van der Waals surface area (Å²) in [5.41, 5.74) is 0.740. The summed E-state index contributed by atoms with van der Waals surface area (Å²) in [6, 6.07) is 6.48. The third kappa shape index (κ3) is 2.82. The summed E-state index contributed by atoms with van der Waals surface area (Å²) in [5, 5.41) is 8.86. The monoisotopic (exact) mass is 276 g/mol. The Hall–Kier alpha value is -1.88. The van der Waals surface area contributed by atoms with Crippen molar-refractivity contribution < 1.29 is 14.7 Å². The second kappa shape index (κ2) is 5.63. The Bertz CT molecular complexity index is 510. The van der Waals surface area contributed by atoms with Crippen LogP contribution in [0.25, 0.3) is 0 Å². The topological polar surface area (TPSA) is 60.9 Å². The van der Waals surface area contributed by atoms with Crippen LogP contribution in [0.5, 0.6) is 0 Å². The van der Waals surface area contributed by atoms with Crippen molar-refractivity contribution >= 4 is 11.9 Å². The number of carboxylic acids is 1. The number of nitrogens with zero attached hydrogens (tertiary/aromatic N) is 2. The molecule has 0 aliphatic carbocycles. The third-order valence-electron chi connectivity index (χ3n) is 3.90. The lowest BCUT2D eigenvalue weighted by Crippen LogP contribution is -2.35. The minimum absolute atomic E-state index is 0.0295. The van der Waals surface area contributed by atoms with E-state index < -0.39 is 5.97 Å². The molecule has 2 unspecified atom stereocenters. The molecule has 5 nitrogen and oxygen atoms in total. The van der Waals surface area contributed by atoms with Gasteiger partial charge >= 0.3 is 5.97 Å². The van der Waals surface area contributed by atoms with Crippen LogP contribution in [0, 0.1) is 5.92 Å². The summed E-state index contributed by atoms with van der Waals surface area (Å²) in [4.78, 5) is 27.2. The van der Waals surface area contributed by atoms with Crippen molar-refractivity contribution in [3.8, 4) is 0 Å². The highest BCUT2D eigenvalue weighted by atomic mass is 16.4. The smallest absolute Gasteiger partial charge is 0.335 e. The molecule has 0 spiro atoms. The normalized spacial score (nSPS) is 22.3. The molecule has 1 aliphatic rings. The predicted molar refractivity (Wildman–Crippen MR) is 75.9 cm³/mol. The van der Waals surface area contributed by atoms with Gasteiger partial charge in [0, 0.05) is 24.7 Å². The highest BCUT2D eigenvalue weighted by Crippen LogP contribution is 2.22. The largest absolute Gasteiger partial charge is 0.478 e. The quantitative estimate of drug-likeness (QED) is 0.906. The van der Waals surface area contributed by atoms with Gasteiger partial charge in [0.15, 0.2) is 0 Å². The number of aromatic carboxylic acids is 1. The van der Waals surface area contributed by atoms with E-state index >= 15 is 0 Å². The molecule has 1 aliphatic heterocycles. The van der Waals surface area contributed by atoms with Crippen LogP contribution < -0.4 is 0 Å². The Morgan fingerprint density at radius 1 is 1.15 bits per heavy atom. The van der Waals surface area contributed by atoms with Crippen LogP contribution >= 0.6 is 0 Å². The molecule has 1 fully saturated rings. The summed E-state index contributed by atoms with van der Waals surface area (Å²) in [7, 11) is 4.05. The fourth-order valence-corrected chi connectivity index (χ4v) is 2.73. The molecule has 0 saturated carbocycles. The van der Waals surface area contributed by atoms with Crippen LogP contribution in [0.15, 0.2) is 24.3 Å². The molecule has 1 amide bonds. The zero-order valence-electron chi connectivity index (χ0n) is 12.0. The van der Waals surface area contributed by atoms with Crippen molar-refractivity contribution in [2.45, 2.75) is 13.0 Å². The summed E-state index contributed by atoms with van der Waals surface area (Å²) >= 11 is 0. The zero-order valence-corrected chi connectivity index (χ0v) is 12.0. The molecular formula is C15H20N2O3. The Kier molecular flexibility index (Phi) is 4.09. The van der Waals surface area contributed by atoms with E-state index in [0.717, 1.165) is 6.54 Å². The van der Waals surface area contributed by atoms with Gasteiger partial charge in [-0.3, -0.25) is 4.79 Å². The maximum absolute atomic E-state index is 12.4. The number of amides is 1. The van der Waals surface area contributed by atoms with Gasteiger partial charge in [-0.1, -0.05) is 6.92 Å². The standard InChI is InChI=1S/C15H20N2O3/c1-10-8-17(9-13(10)16(2)3)14(18)11-4-6-12(7-5-11)15(19)20/h4-7,10,13H,8-9H2,1-3H3,(H,19,20). The Morgan fingerprint density at radius 3 is 2.15 bits per heavy atom. The van der Waals surface area contributed by atoms with Crippen molar-refractivity contribution in [2.24, 2.45) is 5.92 Å². The molecule has 1 saturated heterocycles. The average molecular weight is 276 g/mol. The van der Waals surface area contributed by atoms with E-state index in [1.807, 2.05) is 19.0 Å². The fraction of sp³-hybridized carbons (Fsp3) is 0.467. The lowest BCUT2D eigenvalue weighted by molar-refractivity contribution is 0.0695. The number of hydrogen-bond acceptors (Lipinski definition) is 3. The number of rotatable bonds is 3. The van der Waals surface area contributed by atoms with E-state index in [0.29, 0.717) is 24.1 Å². The highest BCUT2D eigenvalue weighted by molar-refractivity contribution is 5.96. The molecule has 1 aromatic carbocycles. The van der Waals surface area contributed by atoms with Crippen LogP contribution in [0.2, 0.25) is 0 Å². The second-order valence-corrected chi connectivity index (χ2v) is 5.60. The van der Waals surface area contributed by atoms with E-state index in [2.05, 4.69) is 11.8 Å². The fourth-order valence-electron chi connectivity index (χ4n) is 2.73. The van der Waals surface area contributed by atoms with Crippen molar-refractivity contribution in [2.75, 3.05) is 27.2 Å². The number of likely N-dealkylation sites (tertiary alicyclic amines) is 1. The Balaban J connectivity index is 2.10. The van der Waals surface area contributed by atoms with Gasteiger partial charge in [0.05, 0.1) is 5.56 Å². The van der Waals surface area contributed by atoms with Gasteiger partial charge in [-0.25, -0.2) is 4.79 Å². The van der Waals surface area contributed by atoms with Gasteiger partial charge in [-0.15, -0.1) is 0 Å². The maximum atomic E-state index is 12.4. The van der Waals surface area contributed by atoms with E-state index in [-0.39, 0.29) is 11.5 Å². The van der Waals surface area contributed by atoms with E-state index in [4.69, 9.17) is 5.11 Å². The molecule has 0 bridgehead atoms. The molecule has 5 heteroatoms. The summed E-state index contributed by atoms with van der Waals surface area (Å²) in [5.74, 6) is -0.572. The molecule has 108 valence electrons. The van der Waals surface area contributed by atoms with Gasteiger partial charge in [-0.2, -0.15) is 0 Å². The van der Waals surface area contributed by atoms with Crippen LogP contribution in [0.4, 0.5) is 0 Å². The molecule has 0 aromatic heterocycles. The number of carbonyl (C=O) groups is 2. The summed E-state index contributed by atoms with van der Waals surface area (Å²) in [6.07, 6.45) is 0. The predicted octanol–water partition coefficient (Wildman–Crippen LogP) is 1.41. The third-order valence-corrected chi connectivity index (χ3v) is 3.90. The SMILES string of the molecule is CC1CN(C(=O)c2ccc(C(=O)O)cc2)CC1N(C)C. The van der Waals surface area contributed by atoms with Crippen LogP contribution in [0.3, 0.4) is 0 Å². The minimum atomic E-state index is -0.980. The lowest BCUT2D eigenvalue weighted by atomic mass is 10.1. The maximum Gasteiger partial charge on any atom is 0.335 e. The summed E-state index contributed by atoms with van der Waals surface area (Å²) in [6.45, 7) is 3.60. The van der Waals surface area contributed by atoms with E-state index in [1.165, 1.54) is 12.1 Å². The van der Waals surface area contributed by atoms with Crippen molar-refractivity contribution in [3.63, 3.8) is 0 Å². The first-order valence-corrected chi connectivity index (χ1v) is 6.69. The lowest BCUT2D eigenvalue weighted by Gasteiger charge is -2.22. The average Bonchev–Trinajstić information content (AvgIpc) is 2.80. The number of carboxylic acid groups (broad SMARTS) is 1. The Morgan fingerprint density at radius 2 is 1.70 bits per heavy atom. The van der Waals surface area contributed by atoms with Gasteiger partial charge < -0.3 is 14.9 Å². The Labute approximate surface area is 118 Å². The van der Waals surface area contributed by atoms with Crippen LogP contribution in [0.1, 0.15) is 27.6 Å². The number of carbonyl (C=O) groups excluding carboxylic acids is 1. The first-order chi connectivity index (χ1) is 9.40. The molecule has 1 N–H and O–H groups in total. The zero-order chi connectivity index (χ0) is 14.9. The van der Waals surface area contributed by atoms with Gasteiger partial charge in [-0.05, 0) is 44.3 Å². The first kappa shape index (κ1) is 14.5. The molecule has 20 heavy (non-hydrogen) atoms. The molecule has 2 rings (SSSR count). The van der Waals surface area contributed by atoms with Gasteiger partial charge in [0.25, 0.3) is 5.91 Å². The van der Waals surface area contributed by atoms with E-state index in [9.17, 15) is 9.59 Å². The highest BCUT2D eigenvalue weighted by Gasteiger charge is 2.33. The number of benzene rings is 1. The van der Waals surface area contributed by atoms with Crippen LogP contribution in [-0.4, -0.2) is 60.0 Å². The van der Waals surface area contributed by atoms with Gasteiger partial charge in [0.1, 0.15) is 0 Å². The molecular weight excluding hydrogens is 256 g/mol. The van der Waals surface area contributed by atoms with E-state index in [1.54, 1.807) is 12.1 Å². The van der Waals surface area contributed by atoms with Gasteiger partial charge in [0.2, 0.25) is 0 Å². The molecule has 1 aromatic rings. The van der Waals surface area contributed by atoms with Crippen molar-refractivity contribution in [1.82, 2.24) is 9.80 Å². The first-order valence-electron chi connectivity index (χ1n) is 6.69. The minimum Gasteiger partial charge on any atom is -0.478 e. The summed E-state index contributed by atoms with van der Waals surface area (Å²) < 4.78 is 0. The number of hydrogen-bond donors (Lipinski definition) is 1.